The minimum atomic E-state index is -0.992. The molecular weight excluding hydrogens is 260 g/mol. The van der Waals surface area contributed by atoms with E-state index in [1.54, 1.807) is 13.0 Å². The van der Waals surface area contributed by atoms with E-state index in [4.69, 9.17) is 0 Å². The predicted molar refractivity (Wildman–Crippen MR) is 69.9 cm³/mol. The molecular formula is C15H12O5. The van der Waals surface area contributed by atoms with E-state index >= 15 is 0 Å². The van der Waals surface area contributed by atoms with Crippen molar-refractivity contribution in [2.24, 2.45) is 11.8 Å². The van der Waals surface area contributed by atoms with E-state index in [-0.39, 0.29) is 22.6 Å². The van der Waals surface area contributed by atoms with Crippen molar-refractivity contribution in [1.29, 1.82) is 0 Å². The molecule has 102 valence electrons. The van der Waals surface area contributed by atoms with E-state index in [1.807, 2.05) is 0 Å². The van der Waals surface area contributed by atoms with Gasteiger partial charge in [0, 0.05) is 11.6 Å². The Hall–Kier alpha value is -2.56. The standard InChI is InChI=1S/C15H12O5/c1-6-2-8-12(10(17)3-6)15(20)13-9(14(8)19)4-7(16)5-11(13)18/h2-5,8,12,16-18H,1H3/t8-,12-/m0/s1. The molecule has 0 heterocycles. The van der Waals surface area contributed by atoms with E-state index in [1.165, 1.54) is 12.1 Å². The van der Waals surface area contributed by atoms with Crippen molar-refractivity contribution in [2.75, 3.05) is 0 Å². The van der Waals surface area contributed by atoms with Crippen LogP contribution >= 0.6 is 0 Å². The number of aliphatic hydroxyl groups is 1. The average Bonchev–Trinajstić information content (AvgIpc) is 2.34. The number of carbonyl (C=O) groups excluding carboxylic acids is 2. The molecule has 2 atom stereocenters. The van der Waals surface area contributed by atoms with E-state index < -0.39 is 29.2 Å². The number of aliphatic hydroxyl groups excluding tert-OH is 1. The van der Waals surface area contributed by atoms with Gasteiger partial charge in [0.15, 0.2) is 11.6 Å². The third-order valence-corrected chi connectivity index (χ3v) is 3.70. The highest BCUT2D eigenvalue weighted by Gasteiger charge is 2.45. The Morgan fingerprint density at radius 2 is 1.75 bits per heavy atom. The minimum Gasteiger partial charge on any atom is -0.511 e. The van der Waals surface area contributed by atoms with Crippen LogP contribution in [0.15, 0.2) is 35.6 Å². The minimum absolute atomic E-state index is 0.00694. The Balaban J connectivity index is 2.27. The molecule has 0 unspecified atom stereocenters. The molecule has 2 aliphatic carbocycles. The Kier molecular flexibility index (Phi) is 2.47. The quantitative estimate of drug-likeness (QED) is 0.672. The van der Waals surface area contributed by atoms with E-state index in [9.17, 15) is 24.9 Å². The summed E-state index contributed by atoms with van der Waals surface area (Å²) in [6.45, 7) is 1.72. The van der Waals surface area contributed by atoms with Crippen LogP contribution in [0, 0.1) is 11.8 Å². The summed E-state index contributed by atoms with van der Waals surface area (Å²) in [5.74, 6) is -3.59. The highest BCUT2D eigenvalue weighted by Crippen LogP contribution is 2.42. The number of carbonyl (C=O) groups is 2. The summed E-state index contributed by atoms with van der Waals surface area (Å²) < 4.78 is 0. The number of phenolic OH excluding ortho intramolecular Hbond substituents is 2. The van der Waals surface area contributed by atoms with Crippen molar-refractivity contribution < 1.29 is 24.9 Å². The number of Topliss-reactive ketones (excluding diaryl/α,β-unsaturated/α-hetero) is 2. The number of aromatic hydroxyl groups is 2. The monoisotopic (exact) mass is 272 g/mol. The van der Waals surface area contributed by atoms with E-state index in [0.717, 1.165) is 6.07 Å². The summed E-state index contributed by atoms with van der Waals surface area (Å²) in [5, 5.41) is 29.2. The molecule has 2 aliphatic rings. The smallest absolute Gasteiger partial charge is 0.178 e. The van der Waals surface area contributed by atoms with Gasteiger partial charge in [-0.25, -0.2) is 0 Å². The molecule has 1 aromatic rings. The largest absolute Gasteiger partial charge is 0.511 e. The van der Waals surface area contributed by atoms with Crippen LogP contribution in [0.3, 0.4) is 0 Å². The normalized spacial score (nSPS) is 24.6. The summed E-state index contributed by atoms with van der Waals surface area (Å²) in [6.07, 6.45) is 3.06. The fourth-order valence-corrected chi connectivity index (χ4v) is 2.86. The summed E-state index contributed by atoms with van der Waals surface area (Å²) >= 11 is 0. The zero-order valence-electron chi connectivity index (χ0n) is 10.6. The molecule has 1 aromatic carbocycles. The van der Waals surface area contributed by atoms with Gasteiger partial charge >= 0.3 is 0 Å². The predicted octanol–water partition coefficient (Wildman–Crippen LogP) is 2.11. The summed E-state index contributed by atoms with van der Waals surface area (Å²) in [7, 11) is 0. The van der Waals surface area contributed by atoms with Gasteiger partial charge in [0.2, 0.25) is 0 Å². The first kappa shape index (κ1) is 12.5. The van der Waals surface area contributed by atoms with Crippen LogP contribution in [-0.2, 0) is 0 Å². The molecule has 0 amide bonds. The average molecular weight is 272 g/mol. The highest BCUT2D eigenvalue weighted by molar-refractivity contribution is 6.19. The molecule has 0 radical (unpaired) electrons. The highest BCUT2D eigenvalue weighted by atomic mass is 16.3. The lowest BCUT2D eigenvalue weighted by atomic mass is 9.70. The van der Waals surface area contributed by atoms with Crippen LogP contribution in [0.1, 0.15) is 27.6 Å². The van der Waals surface area contributed by atoms with Gasteiger partial charge in [-0.05, 0) is 19.1 Å². The fraction of sp³-hybridized carbons (Fsp3) is 0.200. The number of fused-ring (bicyclic) bond motifs is 2. The second-order valence-electron chi connectivity index (χ2n) is 5.10. The van der Waals surface area contributed by atoms with Gasteiger partial charge in [0.1, 0.15) is 17.3 Å². The molecule has 0 spiro atoms. The maximum atomic E-state index is 12.4. The van der Waals surface area contributed by atoms with Crippen LogP contribution in [0.5, 0.6) is 11.5 Å². The molecule has 0 fully saturated rings. The van der Waals surface area contributed by atoms with Crippen LogP contribution in [-0.4, -0.2) is 26.9 Å². The molecule has 5 nitrogen and oxygen atoms in total. The van der Waals surface area contributed by atoms with Gasteiger partial charge in [0.25, 0.3) is 0 Å². The van der Waals surface area contributed by atoms with Crippen molar-refractivity contribution in [3.8, 4) is 11.5 Å². The first-order valence-corrected chi connectivity index (χ1v) is 6.13. The second-order valence-corrected chi connectivity index (χ2v) is 5.10. The van der Waals surface area contributed by atoms with Crippen molar-refractivity contribution in [1.82, 2.24) is 0 Å². The van der Waals surface area contributed by atoms with Crippen molar-refractivity contribution in [3.63, 3.8) is 0 Å². The Morgan fingerprint density at radius 1 is 1.05 bits per heavy atom. The second kappa shape index (κ2) is 3.96. The summed E-state index contributed by atoms with van der Waals surface area (Å²) in [4.78, 5) is 24.9. The van der Waals surface area contributed by atoms with Crippen molar-refractivity contribution >= 4 is 11.6 Å². The molecule has 0 saturated carbocycles. The van der Waals surface area contributed by atoms with Crippen LogP contribution < -0.4 is 0 Å². The maximum Gasteiger partial charge on any atom is 0.178 e. The summed E-state index contributed by atoms with van der Waals surface area (Å²) in [5.41, 5.74) is 0.548. The van der Waals surface area contributed by atoms with Crippen LogP contribution in [0.4, 0.5) is 0 Å². The van der Waals surface area contributed by atoms with Crippen LogP contribution in [0.25, 0.3) is 0 Å². The zero-order chi connectivity index (χ0) is 14.6. The fourth-order valence-electron chi connectivity index (χ4n) is 2.86. The molecule has 0 aliphatic heterocycles. The van der Waals surface area contributed by atoms with Gasteiger partial charge in [-0.15, -0.1) is 0 Å². The number of hydrogen-bond donors (Lipinski definition) is 3. The molecule has 0 bridgehead atoms. The van der Waals surface area contributed by atoms with Gasteiger partial charge in [0.05, 0.1) is 17.4 Å². The number of ketones is 2. The number of benzene rings is 1. The number of rotatable bonds is 0. The number of allylic oxidation sites excluding steroid dienone is 4. The number of phenols is 2. The lowest BCUT2D eigenvalue weighted by Crippen LogP contribution is -2.38. The van der Waals surface area contributed by atoms with Gasteiger partial charge < -0.3 is 15.3 Å². The number of hydrogen-bond acceptors (Lipinski definition) is 5. The van der Waals surface area contributed by atoms with Gasteiger partial charge in [-0.3, -0.25) is 9.59 Å². The van der Waals surface area contributed by atoms with Crippen molar-refractivity contribution in [2.45, 2.75) is 6.92 Å². The van der Waals surface area contributed by atoms with Crippen molar-refractivity contribution in [3.05, 3.63) is 46.7 Å². The van der Waals surface area contributed by atoms with Gasteiger partial charge in [-0.2, -0.15) is 0 Å². The van der Waals surface area contributed by atoms with E-state index in [2.05, 4.69) is 0 Å². The Morgan fingerprint density at radius 3 is 2.45 bits per heavy atom. The lowest BCUT2D eigenvalue weighted by molar-refractivity contribution is 0.0754. The molecule has 3 rings (SSSR count). The first-order chi connectivity index (χ1) is 9.40. The lowest BCUT2D eigenvalue weighted by Gasteiger charge is -2.31. The molecule has 5 heteroatoms. The van der Waals surface area contributed by atoms with E-state index in [0.29, 0.717) is 5.57 Å². The Bertz CT molecular complexity index is 711. The third kappa shape index (κ3) is 1.56. The first-order valence-electron chi connectivity index (χ1n) is 6.13. The topological polar surface area (TPSA) is 94.8 Å². The Labute approximate surface area is 114 Å². The SMILES string of the molecule is CC1=C[C@@H]2C(=O)c3cc(O)cc(O)c3C(=O)[C@@H]2C(O)=C1. The molecule has 0 saturated heterocycles. The molecule has 3 N–H and O–H groups in total. The van der Waals surface area contributed by atoms with Gasteiger partial charge in [-0.1, -0.05) is 11.6 Å². The summed E-state index contributed by atoms with van der Waals surface area (Å²) in [6, 6.07) is 2.18. The molecule has 20 heavy (non-hydrogen) atoms. The zero-order valence-corrected chi connectivity index (χ0v) is 10.6. The van der Waals surface area contributed by atoms with Crippen LogP contribution in [0.2, 0.25) is 0 Å². The third-order valence-electron chi connectivity index (χ3n) is 3.70. The maximum absolute atomic E-state index is 12.4. The molecule has 0 aromatic heterocycles.